The van der Waals surface area contributed by atoms with Gasteiger partial charge in [-0.25, -0.2) is 13.1 Å². The Hall–Kier alpha value is -1.44. The number of nitrogens with two attached hydrogens (primary N) is 1. The summed E-state index contributed by atoms with van der Waals surface area (Å²) in [4.78, 5) is 11.4. The molecule has 1 aromatic carbocycles. The number of nitrogens with one attached hydrogen (secondary N) is 2. The second kappa shape index (κ2) is 5.26. The molecule has 0 spiro atoms. The zero-order valence-corrected chi connectivity index (χ0v) is 10.4. The van der Waals surface area contributed by atoms with Crippen LogP contribution < -0.4 is 15.8 Å². The number of sulfonamides is 1. The number of rotatable bonds is 4. The Labute approximate surface area is 100 Å². The quantitative estimate of drug-likeness (QED) is 0.700. The monoisotopic (exact) mass is 257 g/mol. The van der Waals surface area contributed by atoms with Crippen molar-refractivity contribution >= 4 is 21.6 Å². The average molecular weight is 257 g/mol. The van der Waals surface area contributed by atoms with Crippen molar-refractivity contribution in [2.45, 2.75) is 17.9 Å². The summed E-state index contributed by atoms with van der Waals surface area (Å²) >= 11 is 0. The highest BCUT2D eigenvalue weighted by Gasteiger charge is 2.11. The van der Waals surface area contributed by atoms with Crippen molar-refractivity contribution in [2.24, 2.45) is 5.73 Å². The fourth-order valence-corrected chi connectivity index (χ4v) is 1.82. The summed E-state index contributed by atoms with van der Waals surface area (Å²) in [6.45, 7) is 1.56. The van der Waals surface area contributed by atoms with Crippen LogP contribution in [0.3, 0.4) is 0 Å². The number of hydrogen-bond acceptors (Lipinski definition) is 4. The van der Waals surface area contributed by atoms with E-state index in [0.717, 1.165) is 0 Å². The standard InChI is InChI=1S/C10H15N3O3S/c1-7(11)10(14)13-8-3-5-9(6-4-8)17(15,16)12-2/h3-7,12H,11H2,1-2H3,(H,13,14). The van der Waals surface area contributed by atoms with Gasteiger partial charge in [0.2, 0.25) is 15.9 Å². The predicted molar refractivity (Wildman–Crippen MR) is 65.0 cm³/mol. The molecule has 1 unspecified atom stereocenters. The van der Waals surface area contributed by atoms with Gasteiger partial charge >= 0.3 is 0 Å². The van der Waals surface area contributed by atoms with Crippen LogP contribution in [0.5, 0.6) is 0 Å². The first-order chi connectivity index (χ1) is 7.86. The van der Waals surface area contributed by atoms with Crippen LogP contribution in [-0.4, -0.2) is 27.4 Å². The summed E-state index contributed by atoms with van der Waals surface area (Å²) in [5.41, 5.74) is 5.89. The third-order valence-electron chi connectivity index (χ3n) is 2.11. The molecule has 0 saturated heterocycles. The fraction of sp³-hybridized carbons (Fsp3) is 0.300. The van der Waals surface area contributed by atoms with Crippen molar-refractivity contribution in [3.8, 4) is 0 Å². The van der Waals surface area contributed by atoms with Crippen molar-refractivity contribution in [3.63, 3.8) is 0 Å². The lowest BCUT2D eigenvalue weighted by Gasteiger charge is -2.08. The van der Waals surface area contributed by atoms with Crippen molar-refractivity contribution in [1.82, 2.24) is 4.72 Å². The predicted octanol–water partition coefficient (Wildman–Crippen LogP) is -0.120. The van der Waals surface area contributed by atoms with Crippen LogP contribution >= 0.6 is 0 Å². The number of anilines is 1. The Bertz CT molecular complexity index is 494. The molecule has 1 rings (SSSR count). The van der Waals surface area contributed by atoms with Gasteiger partial charge in [-0.1, -0.05) is 0 Å². The number of amides is 1. The van der Waals surface area contributed by atoms with E-state index in [9.17, 15) is 13.2 Å². The van der Waals surface area contributed by atoms with Crippen molar-refractivity contribution in [2.75, 3.05) is 12.4 Å². The molecule has 1 amide bonds. The van der Waals surface area contributed by atoms with E-state index in [0.29, 0.717) is 5.69 Å². The molecule has 0 heterocycles. The van der Waals surface area contributed by atoms with Gasteiger partial charge in [0.15, 0.2) is 0 Å². The zero-order valence-electron chi connectivity index (χ0n) is 9.60. The van der Waals surface area contributed by atoms with E-state index in [1.165, 1.54) is 31.3 Å². The topological polar surface area (TPSA) is 101 Å². The van der Waals surface area contributed by atoms with Gasteiger partial charge in [-0.05, 0) is 38.2 Å². The molecular weight excluding hydrogens is 242 g/mol. The molecule has 94 valence electrons. The maximum Gasteiger partial charge on any atom is 0.240 e. The summed E-state index contributed by atoms with van der Waals surface area (Å²) in [6, 6.07) is 5.20. The maximum absolute atomic E-state index is 11.4. The van der Waals surface area contributed by atoms with Crippen LogP contribution in [0, 0.1) is 0 Å². The van der Waals surface area contributed by atoms with Gasteiger partial charge in [0.25, 0.3) is 0 Å². The van der Waals surface area contributed by atoms with Gasteiger partial charge in [-0.2, -0.15) is 0 Å². The highest BCUT2D eigenvalue weighted by molar-refractivity contribution is 7.89. The first-order valence-electron chi connectivity index (χ1n) is 4.97. The zero-order chi connectivity index (χ0) is 13.1. The van der Waals surface area contributed by atoms with Crippen LogP contribution in [0.4, 0.5) is 5.69 Å². The molecule has 0 aliphatic heterocycles. The molecule has 0 bridgehead atoms. The molecule has 7 heteroatoms. The Kier molecular flexibility index (Phi) is 4.22. The van der Waals surface area contributed by atoms with Gasteiger partial charge in [-0.3, -0.25) is 4.79 Å². The lowest BCUT2D eigenvalue weighted by Crippen LogP contribution is -2.32. The Morgan fingerprint density at radius 2 is 1.82 bits per heavy atom. The summed E-state index contributed by atoms with van der Waals surface area (Å²) in [7, 11) is -2.11. The third-order valence-corrected chi connectivity index (χ3v) is 3.54. The second-order valence-electron chi connectivity index (χ2n) is 3.51. The van der Waals surface area contributed by atoms with E-state index in [-0.39, 0.29) is 10.8 Å². The van der Waals surface area contributed by atoms with E-state index >= 15 is 0 Å². The minimum atomic E-state index is -3.45. The number of benzene rings is 1. The molecule has 0 aromatic heterocycles. The van der Waals surface area contributed by atoms with Crippen LogP contribution in [0.15, 0.2) is 29.2 Å². The van der Waals surface area contributed by atoms with Crippen LogP contribution in [0.25, 0.3) is 0 Å². The van der Waals surface area contributed by atoms with Crippen LogP contribution in [-0.2, 0) is 14.8 Å². The number of carbonyl (C=O) groups is 1. The molecule has 17 heavy (non-hydrogen) atoms. The molecular formula is C10H15N3O3S. The lowest BCUT2D eigenvalue weighted by molar-refractivity contribution is -0.117. The molecule has 1 atom stereocenters. The largest absolute Gasteiger partial charge is 0.325 e. The average Bonchev–Trinajstić information content (AvgIpc) is 2.29. The van der Waals surface area contributed by atoms with E-state index in [1.807, 2.05) is 0 Å². The van der Waals surface area contributed by atoms with Gasteiger partial charge in [0.1, 0.15) is 0 Å². The van der Waals surface area contributed by atoms with E-state index in [4.69, 9.17) is 5.73 Å². The normalized spacial score (nSPS) is 13.1. The summed E-state index contributed by atoms with van der Waals surface area (Å²) < 4.78 is 25.0. The molecule has 0 fully saturated rings. The molecule has 0 radical (unpaired) electrons. The van der Waals surface area contributed by atoms with Crippen molar-refractivity contribution in [1.29, 1.82) is 0 Å². The van der Waals surface area contributed by atoms with Crippen molar-refractivity contribution < 1.29 is 13.2 Å². The number of carbonyl (C=O) groups excluding carboxylic acids is 1. The maximum atomic E-state index is 11.4. The summed E-state index contributed by atoms with van der Waals surface area (Å²) in [5.74, 6) is -0.325. The minimum absolute atomic E-state index is 0.138. The van der Waals surface area contributed by atoms with E-state index in [1.54, 1.807) is 6.92 Å². The SMILES string of the molecule is CNS(=O)(=O)c1ccc(NC(=O)C(C)N)cc1. The molecule has 0 aliphatic carbocycles. The first-order valence-corrected chi connectivity index (χ1v) is 6.45. The molecule has 0 aliphatic rings. The van der Waals surface area contributed by atoms with Gasteiger partial charge < -0.3 is 11.1 Å². The Morgan fingerprint density at radius 3 is 2.24 bits per heavy atom. The fourth-order valence-electron chi connectivity index (χ4n) is 1.09. The minimum Gasteiger partial charge on any atom is -0.325 e. The van der Waals surface area contributed by atoms with Gasteiger partial charge in [-0.15, -0.1) is 0 Å². The molecule has 4 N–H and O–H groups in total. The smallest absolute Gasteiger partial charge is 0.240 e. The van der Waals surface area contributed by atoms with Gasteiger partial charge in [0, 0.05) is 5.69 Å². The third kappa shape index (κ3) is 3.52. The highest BCUT2D eigenvalue weighted by Crippen LogP contribution is 2.13. The first kappa shape index (κ1) is 13.6. The highest BCUT2D eigenvalue weighted by atomic mass is 32.2. The van der Waals surface area contributed by atoms with E-state index < -0.39 is 16.1 Å². The lowest BCUT2D eigenvalue weighted by atomic mass is 10.3. The van der Waals surface area contributed by atoms with Crippen molar-refractivity contribution in [3.05, 3.63) is 24.3 Å². The molecule has 6 nitrogen and oxygen atoms in total. The molecule has 1 aromatic rings. The van der Waals surface area contributed by atoms with Gasteiger partial charge in [0.05, 0.1) is 10.9 Å². The van der Waals surface area contributed by atoms with E-state index in [2.05, 4.69) is 10.0 Å². The summed E-state index contributed by atoms with van der Waals surface area (Å²) in [6.07, 6.45) is 0. The summed E-state index contributed by atoms with van der Waals surface area (Å²) in [5, 5.41) is 2.56. The van der Waals surface area contributed by atoms with Crippen LogP contribution in [0.1, 0.15) is 6.92 Å². The second-order valence-corrected chi connectivity index (χ2v) is 5.40. The Balaban J connectivity index is 2.86. The number of hydrogen-bond donors (Lipinski definition) is 3. The van der Waals surface area contributed by atoms with Crippen LogP contribution in [0.2, 0.25) is 0 Å². The molecule has 0 saturated carbocycles. The Morgan fingerprint density at radius 1 is 1.29 bits per heavy atom.